The van der Waals surface area contributed by atoms with Gasteiger partial charge in [-0.1, -0.05) is 24.9 Å². The summed E-state index contributed by atoms with van der Waals surface area (Å²) in [5.74, 6) is 2.28. The van der Waals surface area contributed by atoms with Crippen LogP contribution in [0, 0.1) is 5.92 Å². The molecular weight excluding hydrogens is 448 g/mol. The number of carbonyl (C=O) groups excluding carboxylic acids is 1. The molecule has 1 aliphatic carbocycles. The van der Waals surface area contributed by atoms with Gasteiger partial charge >= 0.3 is 0 Å². The summed E-state index contributed by atoms with van der Waals surface area (Å²) in [4.78, 5) is 17.6. The quantitative estimate of drug-likeness (QED) is 0.456. The van der Waals surface area contributed by atoms with E-state index in [1.807, 2.05) is 41.3 Å². The maximum absolute atomic E-state index is 13.3. The molecule has 2 aromatic rings. The largest absolute Gasteiger partial charge is 0.494 e. The zero-order chi connectivity index (χ0) is 23.7. The van der Waals surface area contributed by atoms with Crippen LogP contribution in [0.1, 0.15) is 61.4 Å². The molecule has 3 heterocycles. The smallest absolute Gasteiger partial charge is 0.258 e. The molecule has 2 bridgehead atoms. The van der Waals surface area contributed by atoms with Gasteiger partial charge in [0, 0.05) is 30.4 Å². The minimum absolute atomic E-state index is 0.00877. The summed E-state index contributed by atoms with van der Waals surface area (Å²) < 4.78 is 12.2. The maximum Gasteiger partial charge on any atom is 0.258 e. The number of benzene rings is 2. The molecule has 34 heavy (non-hydrogen) atoms. The van der Waals surface area contributed by atoms with Gasteiger partial charge in [0.25, 0.3) is 5.91 Å². The number of ether oxygens (including phenoxy) is 2. The summed E-state index contributed by atoms with van der Waals surface area (Å²) in [6, 6.07) is 12.2. The van der Waals surface area contributed by atoms with Crippen molar-refractivity contribution in [3.8, 4) is 11.5 Å². The van der Waals surface area contributed by atoms with Crippen molar-refractivity contribution in [1.29, 1.82) is 0 Å². The number of nitrogens with zero attached hydrogens (tertiary/aromatic N) is 2. The number of piperidine rings is 1. The zero-order valence-corrected chi connectivity index (χ0v) is 21.0. The van der Waals surface area contributed by atoms with E-state index in [1.54, 1.807) is 0 Å². The monoisotopic (exact) mass is 482 g/mol. The lowest BCUT2D eigenvalue weighted by Crippen LogP contribution is -2.38. The summed E-state index contributed by atoms with van der Waals surface area (Å²) in [5.41, 5.74) is 2.61. The first-order valence-corrected chi connectivity index (χ1v) is 13.1. The van der Waals surface area contributed by atoms with Crippen LogP contribution in [0.25, 0.3) is 0 Å². The molecule has 0 radical (unpaired) electrons. The average Bonchev–Trinajstić information content (AvgIpc) is 3.11. The Hall–Kier alpha value is -2.24. The number of anilines is 1. The fourth-order valence-electron chi connectivity index (χ4n) is 5.72. The van der Waals surface area contributed by atoms with Crippen LogP contribution < -0.4 is 14.4 Å². The molecule has 2 aromatic carbocycles. The molecule has 0 spiro atoms. The fourth-order valence-corrected chi connectivity index (χ4v) is 5.94. The first kappa shape index (κ1) is 23.5. The van der Waals surface area contributed by atoms with E-state index in [0.717, 1.165) is 60.4 Å². The van der Waals surface area contributed by atoms with Crippen LogP contribution in [0.2, 0.25) is 5.02 Å². The zero-order valence-electron chi connectivity index (χ0n) is 20.3. The van der Waals surface area contributed by atoms with E-state index in [-0.39, 0.29) is 12.0 Å². The topological polar surface area (TPSA) is 42.0 Å². The second-order valence-corrected chi connectivity index (χ2v) is 10.5. The summed E-state index contributed by atoms with van der Waals surface area (Å²) >= 11 is 6.66. The second-order valence-electron chi connectivity index (χ2n) is 10.1. The molecule has 5 nitrogen and oxygen atoms in total. The Kier molecular flexibility index (Phi) is 7.03. The molecule has 6 heteroatoms. The summed E-state index contributed by atoms with van der Waals surface area (Å²) in [6.45, 7) is 4.65. The number of rotatable bonds is 7. The highest BCUT2D eigenvalue weighted by atomic mass is 35.5. The lowest BCUT2D eigenvalue weighted by molar-refractivity contribution is 0.0980. The normalized spacial score (nSPS) is 24.6. The van der Waals surface area contributed by atoms with Crippen molar-refractivity contribution in [3.05, 3.63) is 52.5 Å². The van der Waals surface area contributed by atoms with Gasteiger partial charge in [0.15, 0.2) is 0 Å². The van der Waals surface area contributed by atoms with Crippen LogP contribution in [0.15, 0.2) is 36.4 Å². The van der Waals surface area contributed by atoms with E-state index >= 15 is 0 Å². The van der Waals surface area contributed by atoms with E-state index in [4.69, 9.17) is 21.1 Å². The molecule has 0 unspecified atom stereocenters. The van der Waals surface area contributed by atoms with Gasteiger partial charge < -0.3 is 19.3 Å². The molecule has 0 N–H and O–H groups in total. The third-order valence-electron chi connectivity index (χ3n) is 7.65. The lowest BCUT2D eigenvalue weighted by Gasteiger charge is -2.33. The van der Waals surface area contributed by atoms with Gasteiger partial charge in [-0.3, -0.25) is 4.79 Å². The molecule has 6 rings (SSSR count). The summed E-state index contributed by atoms with van der Waals surface area (Å²) in [5, 5.41) is 0.570. The Morgan fingerprint density at radius 3 is 2.79 bits per heavy atom. The molecule has 2 saturated heterocycles. The highest BCUT2D eigenvalue weighted by Crippen LogP contribution is 2.37. The number of unbranched alkanes of at least 4 members (excludes halogenated alkanes) is 1. The van der Waals surface area contributed by atoms with E-state index in [9.17, 15) is 4.79 Å². The number of hydrogen-bond acceptors (Lipinski definition) is 4. The molecular formula is C28H35ClN2O3. The van der Waals surface area contributed by atoms with Crippen molar-refractivity contribution in [2.45, 2.75) is 64.0 Å². The third-order valence-corrected chi connectivity index (χ3v) is 7.95. The SMILES string of the molecule is CCCCOc1ccc2c(c1)CCN(c1ccc(O[C@H]3C[C@H]4CC[C@@H](C3)N(C)C4)c(Cl)c1)C2=O. The molecule has 182 valence electrons. The van der Waals surface area contributed by atoms with Crippen molar-refractivity contribution in [2.24, 2.45) is 5.92 Å². The number of carbonyl (C=O) groups is 1. The minimum atomic E-state index is 0.00877. The molecule has 3 fully saturated rings. The van der Waals surface area contributed by atoms with Gasteiger partial charge in [-0.2, -0.15) is 0 Å². The highest BCUT2D eigenvalue weighted by molar-refractivity contribution is 6.32. The number of amides is 1. The van der Waals surface area contributed by atoms with E-state index in [1.165, 1.54) is 19.4 Å². The van der Waals surface area contributed by atoms with Crippen LogP contribution in [-0.2, 0) is 6.42 Å². The summed E-state index contributed by atoms with van der Waals surface area (Å²) in [6.07, 6.45) is 7.82. The predicted molar refractivity (Wildman–Crippen MR) is 136 cm³/mol. The number of halogens is 1. The average molecular weight is 483 g/mol. The predicted octanol–water partition coefficient (Wildman–Crippen LogP) is 5.97. The Bertz CT molecular complexity index is 1040. The van der Waals surface area contributed by atoms with E-state index in [2.05, 4.69) is 18.9 Å². The van der Waals surface area contributed by atoms with Crippen molar-refractivity contribution >= 4 is 23.2 Å². The van der Waals surface area contributed by atoms with Gasteiger partial charge in [-0.05, 0) is 93.5 Å². The van der Waals surface area contributed by atoms with Gasteiger partial charge in [0.2, 0.25) is 0 Å². The standard InChI is InChI=1S/C28H35ClN2O3/c1-3-4-13-33-23-8-9-25-20(15-23)11-12-31(28(25)32)22-7-10-27(26(29)17-22)34-24-14-19-5-6-21(16-24)30(2)18-19/h7-10,15,17,19,21,24H,3-6,11-14,16,18H2,1-2H3/t19-,21+,24+/m1/s1. The lowest BCUT2D eigenvalue weighted by atomic mass is 9.95. The van der Waals surface area contributed by atoms with Gasteiger partial charge in [0.1, 0.15) is 17.6 Å². The Balaban J connectivity index is 1.27. The highest BCUT2D eigenvalue weighted by Gasteiger charge is 2.35. The van der Waals surface area contributed by atoms with Gasteiger partial charge in [0.05, 0.1) is 11.6 Å². The first-order chi connectivity index (χ1) is 16.5. The maximum atomic E-state index is 13.3. The van der Waals surface area contributed by atoms with Crippen LogP contribution in [0.3, 0.4) is 0 Å². The molecule has 1 saturated carbocycles. The van der Waals surface area contributed by atoms with Crippen LogP contribution in [0.4, 0.5) is 5.69 Å². The van der Waals surface area contributed by atoms with Crippen LogP contribution >= 0.6 is 11.6 Å². The number of hydrogen-bond donors (Lipinski definition) is 0. The van der Waals surface area contributed by atoms with Gasteiger partial charge in [-0.15, -0.1) is 0 Å². The Labute approximate surface area is 208 Å². The van der Waals surface area contributed by atoms with Crippen molar-refractivity contribution in [2.75, 3.05) is 31.6 Å². The molecule has 0 aromatic heterocycles. The first-order valence-electron chi connectivity index (χ1n) is 12.8. The molecule has 3 aliphatic heterocycles. The van der Waals surface area contributed by atoms with E-state index in [0.29, 0.717) is 30.1 Å². The Morgan fingerprint density at radius 1 is 1.12 bits per heavy atom. The summed E-state index contributed by atoms with van der Waals surface area (Å²) in [7, 11) is 2.23. The molecule has 3 atom stereocenters. The number of fused-ring (bicyclic) bond motifs is 5. The molecule has 4 aliphatic rings. The van der Waals surface area contributed by atoms with Crippen LogP contribution in [0.5, 0.6) is 11.5 Å². The van der Waals surface area contributed by atoms with Crippen molar-refractivity contribution in [3.63, 3.8) is 0 Å². The third kappa shape index (κ3) is 4.92. The molecule has 1 amide bonds. The second kappa shape index (κ2) is 10.2. The Morgan fingerprint density at radius 2 is 2.00 bits per heavy atom. The fraction of sp³-hybridized carbons (Fsp3) is 0.536. The van der Waals surface area contributed by atoms with Crippen molar-refractivity contribution < 1.29 is 14.3 Å². The van der Waals surface area contributed by atoms with Crippen LogP contribution in [-0.4, -0.2) is 49.7 Å². The van der Waals surface area contributed by atoms with E-state index < -0.39 is 0 Å². The minimum Gasteiger partial charge on any atom is -0.494 e. The van der Waals surface area contributed by atoms with Gasteiger partial charge in [-0.25, -0.2) is 0 Å². The van der Waals surface area contributed by atoms with Crippen molar-refractivity contribution in [1.82, 2.24) is 4.90 Å².